The maximum Gasteiger partial charge on any atom is 0.257 e. The number of aryl methyl sites for hydroxylation is 2. The molecule has 0 radical (unpaired) electrons. The molecular weight excluding hydrogens is 306 g/mol. The Bertz CT molecular complexity index is 592. The van der Waals surface area contributed by atoms with Gasteiger partial charge in [-0.05, 0) is 31.0 Å². The van der Waals surface area contributed by atoms with Gasteiger partial charge in [0.2, 0.25) is 0 Å². The summed E-state index contributed by atoms with van der Waals surface area (Å²) in [6.07, 6.45) is 1.97. The zero-order valence-corrected chi connectivity index (χ0v) is 12.5. The van der Waals surface area contributed by atoms with Gasteiger partial charge in [0.05, 0.1) is 0 Å². The summed E-state index contributed by atoms with van der Waals surface area (Å²) in [6, 6.07) is 7.51. The van der Waals surface area contributed by atoms with Crippen molar-refractivity contribution in [2.45, 2.75) is 26.7 Å². The summed E-state index contributed by atoms with van der Waals surface area (Å²) in [5, 5.41) is 9.80. The van der Waals surface area contributed by atoms with Crippen LogP contribution in [0.2, 0.25) is 0 Å². The largest absolute Gasteiger partial charge is 0.305 e. The van der Waals surface area contributed by atoms with Crippen LogP contribution in [0.5, 0.6) is 0 Å². The predicted octanol–water partition coefficient (Wildman–Crippen LogP) is 3.69. The van der Waals surface area contributed by atoms with E-state index in [1.165, 1.54) is 0 Å². The normalized spacial score (nSPS) is 10.5. The van der Waals surface area contributed by atoms with E-state index in [0.29, 0.717) is 11.4 Å². The van der Waals surface area contributed by atoms with Crippen molar-refractivity contribution in [3.8, 4) is 0 Å². The highest BCUT2D eigenvalue weighted by Crippen LogP contribution is 2.17. The second-order valence-electron chi connectivity index (χ2n) is 4.44. The van der Waals surface area contributed by atoms with Crippen LogP contribution in [0.3, 0.4) is 0 Å². The maximum atomic E-state index is 12.2. The van der Waals surface area contributed by atoms with Gasteiger partial charge in [0.15, 0.2) is 5.82 Å². The fourth-order valence-electron chi connectivity index (χ4n) is 1.85. The van der Waals surface area contributed by atoms with Gasteiger partial charge < -0.3 is 5.32 Å². The third kappa shape index (κ3) is 3.44. The van der Waals surface area contributed by atoms with Crippen LogP contribution >= 0.6 is 15.9 Å². The molecule has 0 aliphatic heterocycles. The zero-order chi connectivity index (χ0) is 13.8. The van der Waals surface area contributed by atoms with Crippen LogP contribution in [0, 0.1) is 6.92 Å². The molecule has 0 fully saturated rings. The lowest BCUT2D eigenvalue weighted by molar-refractivity contribution is 0.102. The number of H-pyrrole nitrogens is 1. The van der Waals surface area contributed by atoms with Crippen molar-refractivity contribution in [1.82, 2.24) is 10.2 Å². The topological polar surface area (TPSA) is 57.8 Å². The molecule has 0 aliphatic rings. The maximum absolute atomic E-state index is 12.2. The molecule has 1 heterocycles. The van der Waals surface area contributed by atoms with Gasteiger partial charge in [-0.25, -0.2) is 0 Å². The fourth-order valence-corrected chi connectivity index (χ4v) is 2.21. The summed E-state index contributed by atoms with van der Waals surface area (Å²) in [7, 11) is 0. The van der Waals surface area contributed by atoms with Gasteiger partial charge in [0.25, 0.3) is 5.91 Å². The molecule has 2 N–H and O–H groups in total. The van der Waals surface area contributed by atoms with E-state index in [0.717, 1.165) is 28.6 Å². The van der Waals surface area contributed by atoms with Crippen molar-refractivity contribution in [2.24, 2.45) is 0 Å². The first kappa shape index (κ1) is 13.8. The summed E-state index contributed by atoms with van der Waals surface area (Å²) in [5.74, 6) is 0.418. The highest BCUT2D eigenvalue weighted by molar-refractivity contribution is 9.10. The van der Waals surface area contributed by atoms with E-state index in [1.807, 2.05) is 31.2 Å². The molecule has 0 saturated carbocycles. The second kappa shape index (κ2) is 6.02. The molecule has 0 aliphatic carbocycles. The average molecular weight is 322 g/mol. The number of amides is 1. The smallest absolute Gasteiger partial charge is 0.257 e. The quantitative estimate of drug-likeness (QED) is 0.902. The van der Waals surface area contributed by atoms with E-state index in [-0.39, 0.29) is 5.91 Å². The molecule has 0 bridgehead atoms. The van der Waals surface area contributed by atoms with Gasteiger partial charge in [-0.1, -0.05) is 35.3 Å². The number of nitrogens with zero attached hydrogens (tertiary/aromatic N) is 1. The SMILES string of the molecule is CCCc1cc(NC(=O)c2cc(Br)ccc2C)n[nH]1. The Balaban J connectivity index is 2.13. The summed E-state index contributed by atoms with van der Waals surface area (Å²) >= 11 is 3.37. The van der Waals surface area contributed by atoms with Gasteiger partial charge in [0.1, 0.15) is 0 Å². The number of hydrogen-bond donors (Lipinski definition) is 2. The molecule has 2 aromatic rings. The molecule has 0 unspecified atom stereocenters. The minimum atomic E-state index is -0.145. The van der Waals surface area contributed by atoms with E-state index in [9.17, 15) is 4.79 Å². The molecule has 100 valence electrons. The van der Waals surface area contributed by atoms with Crippen LogP contribution in [-0.4, -0.2) is 16.1 Å². The van der Waals surface area contributed by atoms with Gasteiger partial charge in [-0.15, -0.1) is 0 Å². The first-order chi connectivity index (χ1) is 9.10. The van der Waals surface area contributed by atoms with Gasteiger partial charge in [-0.2, -0.15) is 5.10 Å². The fraction of sp³-hybridized carbons (Fsp3) is 0.286. The number of aromatic amines is 1. The lowest BCUT2D eigenvalue weighted by Gasteiger charge is -2.05. The van der Waals surface area contributed by atoms with Crippen molar-refractivity contribution in [1.29, 1.82) is 0 Å². The molecule has 0 saturated heterocycles. The molecule has 0 atom stereocenters. The Morgan fingerprint density at radius 1 is 1.42 bits per heavy atom. The van der Waals surface area contributed by atoms with Gasteiger partial charge in [0, 0.05) is 21.8 Å². The Labute approximate surface area is 120 Å². The van der Waals surface area contributed by atoms with E-state index in [2.05, 4.69) is 38.4 Å². The number of benzene rings is 1. The van der Waals surface area contributed by atoms with Crippen molar-refractivity contribution in [3.05, 3.63) is 45.6 Å². The van der Waals surface area contributed by atoms with Crippen LogP contribution in [-0.2, 0) is 6.42 Å². The highest BCUT2D eigenvalue weighted by Gasteiger charge is 2.11. The molecule has 4 nitrogen and oxygen atoms in total. The minimum absolute atomic E-state index is 0.145. The molecule has 1 aromatic carbocycles. The minimum Gasteiger partial charge on any atom is -0.305 e. The van der Waals surface area contributed by atoms with Crippen molar-refractivity contribution >= 4 is 27.7 Å². The van der Waals surface area contributed by atoms with E-state index in [4.69, 9.17) is 0 Å². The Morgan fingerprint density at radius 2 is 2.21 bits per heavy atom. The number of rotatable bonds is 4. The molecular formula is C14H16BrN3O. The third-order valence-corrected chi connectivity index (χ3v) is 3.33. The number of hydrogen-bond acceptors (Lipinski definition) is 2. The number of carbonyl (C=O) groups is 1. The van der Waals surface area contributed by atoms with E-state index >= 15 is 0 Å². The first-order valence-corrected chi connectivity index (χ1v) is 7.01. The monoisotopic (exact) mass is 321 g/mol. The Hall–Kier alpha value is -1.62. The van der Waals surface area contributed by atoms with Crippen molar-refractivity contribution in [3.63, 3.8) is 0 Å². The van der Waals surface area contributed by atoms with Crippen molar-refractivity contribution in [2.75, 3.05) is 5.32 Å². The molecule has 1 aromatic heterocycles. The second-order valence-corrected chi connectivity index (χ2v) is 5.36. The van der Waals surface area contributed by atoms with E-state index in [1.54, 1.807) is 0 Å². The van der Waals surface area contributed by atoms with E-state index < -0.39 is 0 Å². The first-order valence-electron chi connectivity index (χ1n) is 6.22. The zero-order valence-electron chi connectivity index (χ0n) is 11.0. The summed E-state index contributed by atoms with van der Waals surface area (Å²) < 4.78 is 0.886. The molecule has 1 amide bonds. The van der Waals surface area contributed by atoms with Crippen LogP contribution in [0.25, 0.3) is 0 Å². The van der Waals surface area contributed by atoms with Gasteiger partial charge in [-0.3, -0.25) is 9.89 Å². The third-order valence-electron chi connectivity index (χ3n) is 2.84. The summed E-state index contributed by atoms with van der Waals surface area (Å²) in [4.78, 5) is 12.2. The van der Waals surface area contributed by atoms with Crippen LogP contribution < -0.4 is 5.32 Å². The summed E-state index contributed by atoms with van der Waals surface area (Å²) in [5.41, 5.74) is 2.61. The Morgan fingerprint density at radius 3 is 2.95 bits per heavy atom. The Kier molecular flexibility index (Phi) is 4.37. The molecule has 0 spiro atoms. The number of anilines is 1. The van der Waals surface area contributed by atoms with Crippen molar-refractivity contribution < 1.29 is 4.79 Å². The number of halogens is 1. The number of aromatic nitrogens is 2. The average Bonchev–Trinajstić information content (AvgIpc) is 2.80. The molecule has 19 heavy (non-hydrogen) atoms. The highest BCUT2D eigenvalue weighted by atomic mass is 79.9. The van der Waals surface area contributed by atoms with Crippen LogP contribution in [0.1, 0.15) is 35.0 Å². The predicted molar refractivity (Wildman–Crippen MR) is 79.4 cm³/mol. The summed E-state index contributed by atoms with van der Waals surface area (Å²) in [6.45, 7) is 4.01. The molecule has 5 heteroatoms. The van der Waals surface area contributed by atoms with Crippen LogP contribution in [0.15, 0.2) is 28.7 Å². The van der Waals surface area contributed by atoms with Crippen LogP contribution in [0.4, 0.5) is 5.82 Å². The lowest BCUT2D eigenvalue weighted by Crippen LogP contribution is -2.13. The standard InChI is InChI=1S/C14H16BrN3O/c1-3-4-11-8-13(18-17-11)16-14(19)12-7-10(15)6-5-9(12)2/h5-8H,3-4H2,1-2H3,(H2,16,17,18,19). The number of nitrogens with one attached hydrogen (secondary N) is 2. The van der Waals surface area contributed by atoms with Gasteiger partial charge >= 0.3 is 0 Å². The number of carbonyl (C=O) groups excluding carboxylic acids is 1. The molecule has 2 rings (SSSR count). The lowest BCUT2D eigenvalue weighted by atomic mass is 10.1.